The third kappa shape index (κ3) is 2.84. The number of piperazine rings is 1. The second-order valence-electron chi connectivity index (χ2n) is 6.27. The Balaban J connectivity index is 1.33. The van der Waals surface area contributed by atoms with Crippen LogP contribution in [0.4, 0.5) is 0 Å². The molecule has 0 radical (unpaired) electrons. The minimum atomic E-state index is -0.0162. The predicted molar refractivity (Wildman–Crippen MR) is 92.3 cm³/mol. The monoisotopic (exact) mass is 362 g/mol. The van der Waals surface area contributed by atoms with Crippen LogP contribution in [0.3, 0.4) is 0 Å². The highest BCUT2D eigenvalue weighted by Crippen LogP contribution is 2.50. The molecular weight excluding hydrogens is 344 g/mol. The molecule has 4 rings (SSSR count). The standard InChI is InChI=1S/C16H18N4O2S2/c1-10-14(24-18-17-10)16(22)20-6-4-19(5-7-20)15(21)12-9-11(12)13-3-2-8-23-13/h2-3,8,11-12H,4-7,9H2,1H3/t11-,12-/m1/s1. The minimum Gasteiger partial charge on any atom is -0.339 e. The number of aryl methyl sites for hydroxylation is 1. The van der Waals surface area contributed by atoms with Crippen molar-refractivity contribution in [2.75, 3.05) is 26.2 Å². The zero-order chi connectivity index (χ0) is 16.7. The van der Waals surface area contributed by atoms with E-state index in [2.05, 4.69) is 21.0 Å². The second-order valence-corrected chi connectivity index (χ2v) is 8.00. The maximum absolute atomic E-state index is 12.6. The number of rotatable bonds is 3. The Labute approximate surface area is 148 Å². The fraction of sp³-hybridized carbons (Fsp3) is 0.500. The van der Waals surface area contributed by atoms with Crippen LogP contribution in [0.25, 0.3) is 0 Å². The molecular formula is C16H18N4O2S2. The number of thiophene rings is 1. The first-order chi connectivity index (χ1) is 11.6. The van der Waals surface area contributed by atoms with Gasteiger partial charge in [0.2, 0.25) is 5.91 Å². The molecule has 8 heteroatoms. The molecule has 2 fully saturated rings. The van der Waals surface area contributed by atoms with Gasteiger partial charge in [-0.25, -0.2) is 0 Å². The van der Waals surface area contributed by atoms with Gasteiger partial charge in [0.15, 0.2) is 0 Å². The van der Waals surface area contributed by atoms with Crippen molar-refractivity contribution in [1.29, 1.82) is 0 Å². The van der Waals surface area contributed by atoms with Crippen molar-refractivity contribution in [3.8, 4) is 0 Å². The molecule has 0 spiro atoms. The topological polar surface area (TPSA) is 66.4 Å². The Bertz CT molecular complexity index is 750. The van der Waals surface area contributed by atoms with E-state index in [9.17, 15) is 9.59 Å². The van der Waals surface area contributed by atoms with E-state index in [0.29, 0.717) is 42.7 Å². The van der Waals surface area contributed by atoms with Crippen LogP contribution in [0.1, 0.15) is 32.6 Å². The van der Waals surface area contributed by atoms with E-state index >= 15 is 0 Å². The van der Waals surface area contributed by atoms with E-state index in [-0.39, 0.29) is 17.7 Å². The van der Waals surface area contributed by atoms with Crippen LogP contribution >= 0.6 is 22.9 Å². The van der Waals surface area contributed by atoms with Gasteiger partial charge in [0.25, 0.3) is 5.91 Å². The third-order valence-corrected chi connectivity index (χ3v) is 6.56. The summed E-state index contributed by atoms with van der Waals surface area (Å²) in [5.41, 5.74) is 0.681. The Morgan fingerprint density at radius 2 is 1.96 bits per heavy atom. The summed E-state index contributed by atoms with van der Waals surface area (Å²) in [7, 11) is 0. The van der Waals surface area contributed by atoms with Crippen molar-refractivity contribution in [2.24, 2.45) is 5.92 Å². The van der Waals surface area contributed by atoms with E-state index in [0.717, 1.165) is 18.0 Å². The van der Waals surface area contributed by atoms with Crippen molar-refractivity contribution in [3.05, 3.63) is 33.0 Å². The number of hydrogen-bond donors (Lipinski definition) is 0. The Morgan fingerprint density at radius 3 is 2.58 bits per heavy atom. The van der Waals surface area contributed by atoms with Crippen LogP contribution in [-0.2, 0) is 4.79 Å². The summed E-state index contributed by atoms with van der Waals surface area (Å²) in [6.45, 7) is 4.19. The summed E-state index contributed by atoms with van der Waals surface area (Å²) in [6.07, 6.45) is 0.963. The molecule has 0 aromatic carbocycles. The highest BCUT2D eigenvalue weighted by Gasteiger charge is 2.46. The first-order valence-corrected chi connectivity index (χ1v) is 9.71. The van der Waals surface area contributed by atoms with Crippen molar-refractivity contribution >= 4 is 34.7 Å². The van der Waals surface area contributed by atoms with Gasteiger partial charge >= 0.3 is 0 Å². The fourth-order valence-electron chi connectivity index (χ4n) is 3.22. The SMILES string of the molecule is Cc1nnsc1C(=O)N1CCN(C(=O)[C@@H]2C[C@H]2c2cccs2)CC1. The van der Waals surface area contributed by atoms with Crippen molar-refractivity contribution < 1.29 is 9.59 Å². The number of hydrogen-bond acceptors (Lipinski definition) is 6. The minimum absolute atomic E-state index is 0.0162. The summed E-state index contributed by atoms with van der Waals surface area (Å²) in [5, 5.41) is 5.96. The Kier molecular flexibility index (Phi) is 4.09. The van der Waals surface area contributed by atoms with Crippen molar-refractivity contribution in [2.45, 2.75) is 19.3 Å². The van der Waals surface area contributed by atoms with Crippen LogP contribution in [0.5, 0.6) is 0 Å². The van der Waals surface area contributed by atoms with Crippen LogP contribution < -0.4 is 0 Å². The largest absolute Gasteiger partial charge is 0.339 e. The van der Waals surface area contributed by atoms with E-state index in [1.54, 1.807) is 23.2 Å². The first kappa shape index (κ1) is 15.7. The normalized spacial score (nSPS) is 23.4. The molecule has 6 nitrogen and oxygen atoms in total. The fourth-order valence-corrected chi connectivity index (χ4v) is 4.75. The maximum Gasteiger partial charge on any atom is 0.267 e. The molecule has 2 atom stereocenters. The summed E-state index contributed by atoms with van der Waals surface area (Å²) in [4.78, 5) is 30.7. The van der Waals surface area contributed by atoms with Gasteiger partial charge in [-0.1, -0.05) is 10.6 Å². The van der Waals surface area contributed by atoms with E-state index in [1.807, 2.05) is 11.0 Å². The number of aromatic nitrogens is 2. The molecule has 126 valence electrons. The highest BCUT2D eigenvalue weighted by atomic mass is 32.1. The van der Waals surface area contributed by atoms with E-state index in [4.69, 9.17) is 0 Å². The third-order valence-electron chi connectivity index (χ3n) is 4.74. The van der Waals surface area contributed by atoms with Crippen molar-refractivity contribution in [1.82, 2.24) is 19.4 Å². The van der Waals surface area contributed by atoms with Gasteiger partial charge in [-0.05, 0) is 36.3 Å². The first-order valence-electron chi connectivity index (χ1n) is 8.05. The van der Waals surface area contributed by atoms with Crippen molar-refractivity contribution in [3.63, 3.8) is 0 Å². The quantitative estimate of drug-likeness (QED) is 0.838. The second kappa shape index (κ2) is 6.25. The molecule has 0 unspecified atom stereocenters. The van der Waals surface area contributed by atoms with Crippen LogP contribution in [0.2, 0.25) is 0 Å². The lowest BCUT2D eigenvalue weighted by Gasteiger charge is -2.34. The number of carbonyl (C=O) groups excluding carboxylic acids is 2. The molecule has 2 aliphatic rings. The Morgan fingerprint density at radius 1 is 1.21 bits per heavy atom. The van der Waals surface area contributed by atoms with Gasteiger partial charge in [-0.15, -0.1) is 16.4 Å². The average molecular weight is 362 g/mol. The average Bonchev–Trinajstić information content (AvgIpc) is 3.00. The van der Waals surface area contributed by atoms with Crippen LogP contribution in [0.15, 0.2) is 17.5 Å². The lowest BCUT2D eigenvalue weighted by Crippen LogP contribution is -2.51. The molecule has 2 aromatic heterocycles. The summed E-state index contributed by atoms with van der Waals surface area (Å²) in [6, 6.07) is 4.16. The molecule has 0 N–H and O–H groups in total. The highest BCUT2D eigenvalue weighted by molar-refractivity contribution is 7.10. The molecule has 1 saturated heterocycles. The molecule has 0 bridgehead atoms. The molecule has 1 aliphatic heterocycles. The zero-order valence-electron chi connectivity index (χ0n) is 13.3. The Hall–Kier alpha value is -1.80. The molecule has 2 amide bonds. The molecule has 24 heavy (non-hydrogen) atoms. The number of carbonyl (C=O) groups is 2. The molecule has 1 saturated carbocycles. The molecule has 1 aliphatic carbocycles. The summed E-state index contributed by atoms with van der Waals surface area (Å²) >= 11 is 2.87. The smallest absolute Gasteiger partial charge is 0.267 e. The molecule has 3 heterocycles. The van der Waals surface area contributed by atoms with E-state index in [1.165, 1.54) is 4.88 Å². The predicted octanol–water partition coefficient (Wildman–Crippen LogP) is 2.00. The van der Waals surface area contributed by atoms with Crippen LogP contribution in [0, 0.1) is 12.8 Å². The summed E-state index contributed by atoms with van der Waals surface area (Å²) in [5.74, 6) is 0.774. The lowest BCUT2D eigenvalue weighted by atomic mass is 10.2. The summed E-state index contributed by atoms with van der Waals surface area (Å²) < 4.78 is 3.83. The lowest BCUT2D eigenvalue weighted by molar-refractivity contribution is -0.134. The maximum atomic E-state index is 12.6. The van der Waals surface area contributed by atoms with E-state index < -0.39 is 0 Å². The van der Waals surface area contributed by atoms with Crippen LogP contribution in [-0.4, -0.2) is 57.4 Å². The number of amides is 2. The van der Waals surface area contributed by atoms with Gasteiger partial charge < -0.3 is 9.80 Å². The number of nitrogens with zero attached hydrogens (tertiary/aromatic N) is 4. The van der Waals surface area contributed by atoms with Gasteiger partial charge in [0.1, 0.15) is 4.88 Å². The van der Waals surface area contributed by atoms with Gasteiger partial charge in [-0.2, -0.15) is 0 Å². The van der Waals surface area contributed by atoms with Gasteiger partial charge in [-0.3, -0.25) is 9.59 Å². The van der Waals surface area contributed by atoms with Gasteiger partial charge in [0.05, 0.1) is 5.69 Å². The molecule has 2 aromatic rings. The van der Waals surface area contributed by atoms with Gasteiger partial charge in [0, 0.05) is 42.9 Å². The zero-order valence-corrected chi connectivity index (χ0v) is 15.0.